The maximum absolute atomic E-state index is 4.25. The van der Waals surface area contributed by atoms with Crippen molar-refractivity contribution in [3.63, 3.8) is 0 Å². The number of rotatable bonds is 0. The fourth-order valence-corrected chi connectivity index (χ4v) is 0.478. The van der Waals surface area contributed by atoms with Crippen LogP contribution in [0.1, 0.15) is 5.56 Å². The van der Waals surface area contributed by atoms with Crippen LogP contribution in [0.15, 0.2) is 36.9 Å². The van der Waals surface area contributed by atoms with Crippen LogP contribution in [0.3, 0.4) is 0 Å². The normalized spacial score (nSPS) is 6.40. The van der Waals surface area contributed by atoms with Crippen LogP contribution in [0.4, 0.5) is 0 Å². The van der Waals surface area contributed by atoms with E-state index in [9.17, 15) is 0 Å². The molecule has 0 bridgehead atoms. The van der Waals surface area contributed by atoms with Gasteiger partial charge in [-0.05, 0) is 0 Å². The summed E-state index contributed by atoms with van der Waals surface area (Å²) in [7, 11) is 0. The molecule has 1 heteroatoms. The maximum atomic E-state index is 4.25. The zero-order valence-electron chi connectivity index (χ0n) is 6.09. The summed E-state index contributed by atoms with van der Waals surface area (Å²) in [5.41, 5.74) is 1.07. The van der Waals surface area contributed by atoms with E-state index < -0.39 is 0 Å². The molecular weight excluding hydrogens is 132 g/mol. The van der Waals surface area contributed by atoms with Gasteiger partial charge in [0.25, 0.3) is 0 Å². The van der Waals surface area contributed by atoms with E-state index >= 15 is 0 Å². The first kappa shape index (κ1) is 12.3. The van der Waals surface area contributed by atoms with Crippen LogP contribution in [0.5, 0.6) is 0 Å². The van der Waals surface area contributed by atoms with Crippen molar-refractivity contribution in [2.45, 2.75) is 0 Å². The SMILES string of the molecule is [CH-]=C.[CH2-]c1ccccc1.[Mg+2]. The molecule has 48 valence electrons. The first-order valence-corrected chi connectivity index (χ1v) is 2.67. The minimum atomic E-state index is 0. The summed E-state index contributed by atoms with van der Waals surface area (Å²) in [4.78, 5) is 0. The zero-order valence-corrected chi connectivity index (χ0v) is 7.50. The predicted octanol–water partition coefficient (Wildman–Crippen LogP) is 2.09. The van der Waals surface area contributed by atoms with Crippen molar-refractivity contribution in [1.82, 2.24) is 0 Å². The van der Waals surface area contributed by atoms with Gasteiger partial charge in [-0.1, -0.05) is 6.07 Å². The van der Waals surface area contributed by atoms with Crippen molar-refractivity contribution in [3.8, 4) is 0 Å². The second kappa shape index (κ2) is 8.60. The monoisotopic (exact) mass is 142 g/mol. The molecule has 0 saturated heterocycles. The molecule has 0 radical (unpaired) electrons. The van der Waals surface area contributed by atoms with Gasteiger partial charge in [-0.2, -0.15) is 24.6 Å². The van der Waals surface area contributed by atoms with Gasteiger partial charge < -0.3 is 6.58 Å². The standard InChI is InChI=1S/C7H7.C2H3.Mg/c1-7-5-3-2-4-6-7;1-2;/h2-6H,1H2;1H,2H2;/q2*-1;+2. The topological polar surface area (TPSA) is 0 Å². The summed E-state index contributed by atoms with van der Waals surface area (Å²) in [5, 5.41) is 0. The number of hydrogen-bond donors (Lipinski definition) is 0. The molecule has 1 aromatic rings. The summed E-state index contributed by atoms with van der Waals surface area (Å²) in [6.45, 7) is 10.7. The van der Waals surface area contributed by atoms with Crippen LogP contribution in [-0.4, -0.2) is 23.1 Å². The van der Waals surface area contributed by atoms with Gasteiger partial charge in [-0.3, -0.25) is 6.58 Å². The molecule has 0 heterocycles. The van der Waals surface area contributed by atoms with E-state index in [0.29, 0.717) is 0 Å². The average molecular weight is 142 g/mol. The van der Waals surface area contributed by atoms with Crippen LogP contribution in [0.25, 0.3) is 0 Å². The van der Waals surface area contributed by atoms with Gasteiger partial charge in [0.15, 0.2) is 0 Å². The average Bonchev–Trinajstić information content (AvgIpc) is 1.94. The molecule has 0 aliphatic carbocycles. The number of hydrogen-bond acceptors (Lipinski definition) is 0. The molecule has 1 aromatic carbocycles. The summed E-state index contributed by atoms with van der Waals surface area (Å²) in [6.07, 6.45) is 0. The minimum Gasteiger partial charge on any atom is -0.521 e. The molecule has 0 unspecified atom stereocenters. The fourth-order valence-electron chi connectivity index (χ4n) is 0.478. The van der Waals surface area contributed by atoms with Gasteiger partial charge in [0.05, 0.1) is 0 Å². The van der Waals surface area contributed by atoms with Crippen molar-refractivity contribution in [1.29, 1.82) is 0 Å². The second-order valence-corrected chi connectivity index (χ2v) is 1.49. The molecule has 10 heavy (non-hydrogen) atoms. The molecule has 0 spiro atoms. The largest absolute Gasteiger partial charge is 2.00 e. The van der Waals surface area contributed by atoms with Gasteiger partial charge in [-0.25, -0.2) is 0 Å². The Kier molecular flexibility index (Phi) is 10.6. The van der Waals surface area contributed by atoms with Crippen molar-refractivity contribution < 1.29 is 0 Å². The minimum absolute atomic E-state index is 0. The Hall–Kier alpha value is -0.404. The van der Waals surface area contributed by atoms with Gasteiger partial charge in [-0.15, -0.1) is 12.1 Å². The van der Waals surface area contributed by atoms with Crippen molar-refractivity contribution in [2.75, 3.05) is 0 Å². The van der Waals surface area contributed by atoms with Gasteiger partial charge in [0.2, 0.25) is 0 Å². The van der Waals surface area contributed by atoms with Gasteiger partial charge in [0.1, 0.15) is 0 Å². The van der Waals surface area contributed by atoms with E-state index in [1.165, 1.54) is 0 Å². The Bertz CT molecular complexity index is 146. The Morgan fingerprint density at radius 1 is 1.10 bits per heavy atom. The van der Waals surface area contributed by atoms with E-state index in [0.717, 1.165) is 5.56 Å². The van der Waals surface area contributed by atoms with Crippen LogP contribution in [0, 0.1) is 13.5 Å². The summed E-state index contributed by atoms with van der Waals surface area (Å²) < 4.78 is 0. The molecule has 0 aliphatic heterocycles. The van der Waals surface area contributed by atoms with Crippen molar-refractivity contribution in [2.24, 2.45) is 0 Å². The molecule has 0 fully saturated rings. The quantitative estimate of drug-likeness (QED) is 0.384. The first-order chi connectivity index (χ1) is 4.39. The number of benzene rings is 1. The van der Waals surface area contributed by atoms with E-state index in [1.54, 1.807) is 0 Å². The Morgan fingerprint density at radius 2 is 1.50 bits per heavy atom. The zero-order chi connectivity index (χ0) is 7.11. The Labute approximate surface area is 79.1 Å². The van der Waals surface area contributed by atoms with E-state index in [2.05, 4.69) is 20.1 Å². The van der Waals surface area contributed by atoms with E-state index in [4.69, 9.17) is 0 Å². The van der Waals surface area contributed by atoms with Crippen molar-refractivity contribution >= 4 is 23.1 Å². The van der Waals surface area contributed by atoms with E-state index in [-0.39, 0.29) is 23.1 Å². The van der Waals surface area contributed by atoms with Gasteiger partial charge in [0, 0.05) is 0 Å². The Balaban J connectivity index is 0. The Morgan fingerprint density at radius 3 is 1.70 bits per heavy atom. The van der Waals surface area contributed by atoms with Crippen LogP contribution < -0.4 is 0 Å². The molecule has 0 amide bonds. The molecule has 0 nitrogen and oxygen atoms in total. The van der Waals surface area contributed by atoms with Crippen LogP contribution in [0.2, 0.25) is 0 Å². The second-order valence-electron chi connectivity index (χ2n) is 1.49. The predicted molar refractivity (Wildman–Crippen MR) is 46.6 cm³/mol. The third-order valence-electron chi connectivity index (χ3n) is 0.843. The molecule has 1 rings (SSSR count). The smallest absolute Gasteiger partial charge is 0.521 e. The molecule has 0 saturated carbocycles. The third kappa shape index (κ3) is 5.73. The fraction of sp³-hybridized carbons (Fsp3) is 0. The summed E-state index contributed by atoms with van der Waals surface area (Å²) in [5.74, 6) is 0. The molecule has 0 aromatic heterocycles. The third-order valence-corrected chi connectivity index (χ3v) is 0.843. The maximum Gasteiger partial charge on any atom is 2.00 e. The summed E-state index contributed by atoms with van der Waals surface area (Å²) in [6, 6.07) is 9.87. The van der Waals surface area contributed by atoms with Gasteiger partial charge >= 0.3 is 23.1 Å². The molecular formula is C9H10Mg. The first-order valence-electron chi connectivity index (χ1n) is 2.67. The van der Waals surface area contributed by atoms with Crippen LogP contribution >= 0.6 is 0 Å². The summed E-state index contributed by atoms with van der Waals surface area (Å²) >= 11 is 0. The molecule has 0 atom stereocenters. The van der Waals surface area contributed by atoms with Crippen LogP contribution in [-0.2, 0) is 0 Å². The molecule has 0 N–H and O–H groups in total. The van der Waals surface area contributed by atoms with E-state index in [1.807, 2.05) is 30.3 Å². The van der Waals surface area contributed by atoms with Crippen molar-refractivity contribution in [3.05, 3.63) is 56.0 Å². The molecule has 0 aliphatic rings.